The van der Waals surface area contributed by atoms with Crippen molar-refractivity contribution in [1.82, 2.24) is 0 Å². The molecule has 0 atom stereocenters. The van der Waals surface area contributed by atoms with Crippen LogP contribution in [0.15, 0.2) is 0 Å². The summed E-state index contributed by atoms with van der Waals surface area (Å²) in [6, 6.07) is 0. The summed E-state index contributed by atoms with van der Waals surface area (Å²) in [5.74, 6) is 2.83. The van der Waals surface area contributed by atoms with E-state index in [0.29, 0.717) is 0 Å². The molecule has 0 saturated heterocycles. The number of unbranched alkanes of at least 4 members (excludes halogenated alkanes) is 26. The lowest BCUT2D eigenvalue weighted by molar-refractivity contribution is 0.538. The van der Waals surface area contributed by atoms with Crippen LogP contribution in [0.5, 0.6) is 0 Å². The Morgan fingerprint density at radius 2 is 0.424 bits per heavy atom. The summed E-state index contributed by atoms with van der Waals surface area (Å²) in [5.41, 5.74) is 0. The molecule has 0 radical (unpaired) electrons. The van der Waals surface area contributed by atoms with E-state index in [1.807, 2.05) is 0 Å². The normalized spacial score (nSPS) is 11.5. The summed E-state index contributed by atoms with van der Waals surface area (Å²) < 4.78 is 0. The Labute approximate surface area is 216 Å². The summed E-state index contributed by atoms with van der Waals surface area (Å²) in [6.45, 7) is 4.61. The molecule has 33 heavy (non-hydrogen) atoms. The van der Waals surface area contributed by atoms with Crippen LogP contribution in [0.4, 0.5) is 0 Å². The second-order valence-corrected chi connectivity index (χ2v) is 12.0. The van der Waals surface area contributed by atoms with E-state index >= 15 is 0 Å². The Hall–Kier alpha value is 0.350. The van der Waals surface area contributed by atoms with Gasteiger partial charge in [0.1, 0.15) is 0 Å². The Balaban J connectivity index is 2.99. The van der Waals surface area contributed by atoms with Crippen molar-refractivity contribution in [3.63, 3.8) is 0 Å². The van der Waals surface area contributed by atoms with Gasteiger partial charge < -0.3 is 0 Å². The van der Waals surface area contributed by atoms with E-state index in [1.54, 1.807) is 0 Å². The highest BCUT2D eigenvalue weighted by Crippen LogP contribution is 2.16. The first kappa shape index (κ1) is 33.4. The van der Waals surface area contributed by atoms with Gasteiger partial charge in [-0.2, -0.15) is 11.8 Å². The van der Waals surface area contributed by atoms with Gasteiger partial charge in [-0.25, -0.2) is 0 Å². The fourth-order valence-corrected chi connectivity index (χ4v) is 5.92. The van der Waals surface area contributed by atoms with E-state index in [-0.39, 0.29) is 0 Å². The molecular formula is C32H66S. The minimum atomic E-state index is 1.37. The molecule has 0 saturated carbocycles. The third kappa shape index (κ3) is 32.4. The molecular weight excluding hydrogens is 416 g/mol. The molecule has 0 aliphatic carbocycles. The summed E-state index contributed by atoms with van der Waals surface area (Å²) in [5, 5.41) is 0. The highest BCUT2D eigenvalue weighted by molar-refractivity contribution is 7.99. The second kappa shape index (κ2) is 32.4. The predicted octanol–water partition coefficient (Wildman–Crippen LogP) is 12.7. The van der Waals surface area contributed by atoms with Crippen LogP contribution in [0.3, 0.4) is 0 Å². The molecule has 0 fully saturated rings. The van der Waals surface area contributed by atoms with Crippen molar-refractivity contribution in [2.75, 3.05) is 11.5 Å². The predicted molar refractivity (Wildman–Crippen MR) is 158 cm³/mol. The topological polar surface area (TPSA) is 0 Å². The lowest BCUT2D eigenvalue weighted by Crippen LogP contribution is -1.87. The Kier molecular flexibility index (Phi) is 32.7. The molecule has 0 aromatic carbocycles. The Morgan fingerprint density at radius 1 is 0.242 bits per heavy atom. The van der Waals surface area contributed by atoms with E-state index in [2.05, 4.69) is 25.6 Å². The quantitative estimate of drug-likeness (QED) is 0.0917. The van der Waals surface area contributed by atoms with Crippen molar-refractivity contribution in [1.29, 1.82) is 0 Å². The van der Waals surface area contributed by atoms with Gasteiger partial charge in [-0.3, -0.25) is 0 Å². The molecule has 0 bridgehead atoms. The molecule has 0 heterocycles. The first-order chi connectivity index (χ1) is 16.4. The Bertz CT molecular complexity index is 284. The maximum Gasteiger partial charge on any atom is -0.00675 e. The first-order valence-electron chi connectivity index (χ1n) is 16.0. The van der Waals surface area contributed by atoms with Crippen molar-refractivity contribution in [3.05, 3.63) is 0 Å². The second-order valence-electron chi connectivity index (χ2n) is 10.8. The lowest BCUT2D eigenvalue weighted by Gasteiger charge is -2.04. The van der Waals surface area contributed by atoms with Crippen molar-refractivity contribution >= 4 is 11.8 Å². The molecule has 0 rings (SSSR count). The third-order valence-corrected chi connectivity index (χ3v) is 8.44. The lowest BCUT2D eigenvalue weighted by atomic mass is 10.0. The van der Waals surface area contributed by atoms with Gasteiger partial charge in [0.25, 0.3) is 0 Å². The van der Waals surface area contributed by atoms with E-state index in [9.17, 15) is 0 Å². The monoisotopic (exact) mass is 482 g/mol. The third-order valence-electron chi connectivity index (χ3n) is 7.28. The maximum atomic E-state index is 2.31. The fraction of sp³-hybridized carbons (Fsp3) is 1.00. The summed E-state index contributed by atoms with van der Waals surface area (Å²) >= 11 is 2.22. The number of rotatable bonds is 30. The highest BCUT2D eigenvalue weighted by Gasteiger charge is 1.96. The Morgan fingerprint density at radius 3 is 0.636 bits per heavy atom. The minimum Gasteiger partial charge on any atom is -0.162 e. The van der Waals surface area contributed by atoms with Crippen LogP contribution >= 0.6 is 11.8 Å². The molecule has 0 aliphatic rings. The molecule has 0 aromatic rings. The van der Waals surface area contributed by atoms with Crippen LogP contribution in [0, 0.1) is 0 Å². The fourth-order valence-electron chi connectivity index (χ4n) is 4.90. The van der Waals surface area contributed by atoms with Crippen molar-refractivity contribution < 1.29 is 0 Å². The number of hydrogen-bond donors (Lipinski definition) is 0. The summed E-state index contributed by atoms with van der Waals surface area (Å²) in [4.78, 5) is 0. The molecule has 0 aliphatic heterocycles. The van der Waals surface area contributed by atoms with E-state index in [1.165, 1.54) is 191 Å². The number of hydrogen-bond acceptors (Lipinski definition) is 1. The van der Waals surface area contributed by atoms with Gasteiger partial charge in [0.05, 0.1) is 0 Å². The molecule has 0 spiro atoms. The van der Waals surface area contributed by atoms with Gasteiger partial charge >= 0.3 is 0 Å². The summed E-state index contributed by atoms with van der Waals surface area (Å²) in [6.07, 6.45) is 41.2. The van der Waals surface area contributed by atoms with Crippen LogP contribution in [-0.2, 0) is 0 Å². The molecule has 0 unspecified atom stereocenters. The largest absolute Gasteiger partial charge is 0.162 e. The SMILES string of the molecule is CCCCCCCCCCCCCCCCSCCCCCCCCCCCCCCCC. The van der Waals surface area contributed by atoms with E-state index in [0.717, 1.165) is 0 Å². The van der Waals surface area contributed by atoms with Gasteiger partial charge in [-0.1, -0.05) is 181 Å². The zero-order valence-corrected chi connectivity index (χ0v) is 24.4. The molecule has 1 heteroatoms. The smallest absolute Gasteiger partial charge is 0.00675 e. The first-order valence-corrected chi connectivity index (χ1v) is 17.1. The molecule has 0 N–H and O–H groups in total. The van der Waals surface area contributed by atoms with E-state index < -0.39 is 0 Å². The average Bonchev–Trinajstić information content (AvgIpc) is 2.83. The average molecular weight is 483 g/mol. The molecule has 0 nitrogen and oxygen atoms in total. The minimum absolute atomic E-state index is 1.37. The van der Waals surface area contributed by atoms with Gasteiger partial charge in [0.2, 0.25) is 0 Å². The standard InChI is InChI=1S/C32H66S/c1-3-5-7-9-11-13-15-17-19-21-23-25-27-29-31-33-32-30-28-26-24-22-20-18-16-14-12-10-8-6-4-2/h3-32H2,1-2H3. The van der Waals surface area contributed by atoms with E-state index in [4.69, 9.17) is 0 Å². The molecule has 0 amide bonds. The maximum absolute atomic E-state index is 2.31. The van der Waals surface area contributed by atoms with Crippen LogP contribution in [-0.4, -0.2) is 11.5 Å². The van der Waals surface area contributed by atoms with Crippen molar-refractivity contribution in [2.24, 2.45) is 0 Å². The van der Waals surface area contributed by atoms with Crippen molar-refractivity contribution in [3.8, 4) is 0 Å². The highest BCUT2D eigenvalue weighted by atomic mass is 32.2. The van der Waals surface area contributed by atoms with Crippen molar-refractivity contribution in [2.45, 2.75) is 194 Å². The van der Waals surface area contributed by atoms with Crippen LogP contribution in [0.2, 0.25) is 0 Å². The molecule has 200 valence electrons. The number of thioether (sulfide) groups is 1. The van der Waals surface area contributed by atoms with Crippen LogP contribution in [0.25, 0.3) is 0 Å². The zero-order chi connectivity index (χ0) is 23.9. The molecule has 0 aromatic heterocycles. The van der Waals surface area contributed by atoms with Gasteiger partial charge in [0, 0.05) is 0 Å². The van der Waals surface area contributed by atoms with Crippen LogP contribution < -0.4 is 0 Å². The van der Waals surface area contributed by atoms with Crippen LogP contribution in [0.1, 0.15) is 194 Å². The summed E-state index contributed by atoms with van der Waals surface area (Å²) in [7, 11) is 0. The van der Waals surface area contributed by atoms with Gasteiger partial charge in [-0.05, 0) is 24.3 Å². The van der Waals surface area contributed by atoms with Gasteiger partial charge in [-0.15, -0.1) is 0 Å². The van der Waals surface area contributed by atoms with Gasteiger partial charge in [0.15, 0.2) is 0 Å². The zero-order valence-electron chi connectivity index (χ0n) is 23.6.